The fourth-order valence-electron chi connectivity index (χ4n) is 10.1. The van der Waals surface area contributed by atoms with Crippen molar-refractivity contribution in [2.24, 2.45) is 5.73 Å². The molecule has 82 heavy (non-hydrogen) atoms. The molecule has 4 atom stereocenters. The number of hydrogen-bond acceptors (Lipinski definition) is 15. The van der Waals surface area contributed by atoms with E-state index >= 15 is 0 Å². The van der Waals surface area contributed by atoms with Gasteiger partial charge in [0.1, 0.15) is 17.9 Å². The Morgan fingerprint density at radius 2 is 0.988 bits per heavy atom. The van der Waals surface area contributed by atoms with Gasteiger partial charge in [-0.25, -0.2) is 38.7 Å². The number of nitrogens with two attached hydrogens (primary N) is 1. The van der Waals surface area contributed by atoms with Crippen molar-refractivity contribution >= 4 is 17.9 Å². The highest BCUT2D eigenvalue weighted by Gasteiger charge is 2.38. The SMILES string of the molecule is C.CN1CCN(c2nc(CCC=O)cn(-c3ccc(-c4ncccn4)cc3)c2=O)CC1.CN1CCN(c2nc(CCCN[C@@H]3C[C@H]3c3ccc(F)cc3)cn(-c3ccc(-c4ncccn4)cc3)c2=O)CC1.N[C@@H]1C[C@H]1c1ccc(F)cc1. The molecule has 0 radical (unpaired) electrons. The Balaban J connectivity index is 0.000000169. The van der Waals surface area contributed by atoms with Crippen molar-refractivity contribution in [3.8, 4) is 34.2 Å². The molecule has 2 saturated carbocycles. The quantitative estimate of drug-likeness (QED) is 0.0714. The van der Waals surface area contributed by atoms with Crippen molar-refractivity contribution in [1.29, 1.82) is 0 Å². The van der Waals surface area contributed by atoms with E-state index < -0.39 is 0 Å². The molecule has 2 aliphatic heterocycles. The van der Waals surface area contributed by atoms with Crippen LogP contribution in [0.3, 0.4) is 0 Å². The predicted octanol–water partition coefficient (Wildman–Crippen LogP) is 7.51. The van der Waals surface area contributed by atoms with Crippen LogP contribution < -0.4 is 32.0 Å². The van der Waals surface area contributed by atoms with Crippen LogP contribution in [-0.2, 0) is 17.6 Å². The highest BCUT2D eigenvalue weighted by atomic mass is 19.1. The largest absolute Gasteiger partial charge is 0.349 e. The summed E-state index contributed by atoms with van der Waals surface area (Å²) in [5.41, 5.74) is 12.7. The summed E-state index contributed by atoms with van der Waals surface area (Å²) in [6, 6.07) is 33.1. The van der Waals surface area contributed by atoms with Gasteiger partial charge in [0.2, 0.25) is 0 Å². The van der Waals surface area contributed by atoms with Gasteiger partial charge < -0.3 is 35.4 Å². The second-order valence-corrected chi connectivity index (χ2v) is 21.1. The lowest BCUT2D eigenvalue weighted by atomic mass is 10.1. The molecule has 0 bridgehead atoms. The van der Waals surface area contributed by atoms with Gasteiger partial charge in [-0.1, -0.05) is 31.7 Å². The second kappa shape index (κ2) is 27.5. The van der Waals surface area contributed by atoms with Gasteiger partial charge in [-0.2, -0.15) is 0 Å². The van der Waals surface area contributed by atoms with Gasteiger partial charge in [0, 0.05) is 142 Å². The summed E-state index contributed by atoms with van der Waals surface area (Å²) in [7, 11) is 4.17. The molecule has 4 fully saturated rings. The molecular weight excluding hydrogens is 1040 g/mol. The molecule has 0 amide bonds. The van der Waals surface area contributed by atoms with Crippen LogP contribution in [0.15, 0.2) is 156 Å². The number of aldehydes is 1. The van der Waals surface area contributed by atoms with E-state index in [1.165, 1.54) is 35.4 Å². The van der Waals surface area contributed by atoms with Crippen molar-refractivity contribution in [1.82, 2.24) is 54.2 Å². The third kappa shape index (κ3) is 15.0. The summed E-state index contributed by atoms with van der Waals surface area (Å²) in [6.07, 6.45) is 16.0. The Labute approximate surface area is 477 Å². The Bertz CT molecular complexity index is 3450. The topological polar surface area (TPSA) is 189 Å². The molecule has 8 aromatic rings. The number of rotatable bonds is 16. The number of carbonyl (C=O) groups excluding carboxylic acids is 1. The number of hydrogen-bond donors (Lipinski definition) is 2. The minimum Gasteiger partial charge on any atom is -0.349 e. The van der Waals surface area contributed by atoms with E-state index in [1.54, 1.807) is 52.3 Å². The van der Waals surface area contributed by atoms with Crippen LogP contribution in [0, 0.1) is 11.6 Å². The van der Waals surface area contributed by atoms with E-state index in [2.05, 4.69) is 59.0 Å². The van der Waals surface area contributed by atoms with Crippen LogP contribution in [0.4, 0.5) is 20.4 Å². The van der Waals surface area contributed by atoms with Crippen molar-refractivity contribution in [2.75, 3.05) is 82.8 Å². The van der Waals surface area contributed by atoms with E-state index in [-0.39, 0.29) is 30.2 Å². The van der Waals surface area contributed by atoms with E-state index in [0.717, 1.165) is 125 Å². The van der Waals surface area contributed by atoms with Gasteiger partial charge in [0.15, 0.2) is 23.3 Å². The molecule has 19 heteroatoms. The average molecular weight is 1110 g/mol. The molecule has 17 nitrogen and oxygen atoms in total. The minimum atomic E-state index is -0.195. The van der Waals surface area contributed by atoms with E-state index in [0.29, 0.717) is 60.0 Å². The third-order valence-electron chi connectivity index (χ3n) is 15.2. The second-order valence-electron chi connectivity index (χ2n) is 21.1. The van der Waals surface area contributed by atoms with Gasteiger partial charge >= 0.3 is 0 Å². The molecule has 12 rings (SSSR count). The normalized spacial score (nSPS) is 18.5. The highest BCUT2D eigenvalue weighted by Crippen LogP contribution is 2.41. The van der Waals surface area contributed by atoms with Crippen LogP contribution in [0.2, 0.25) is 0 Å². The van der Waals surface area contributed by atoms with Gasteiger partial charge in [0.25, 0.3) is 11.1 Å². The standard InChI is InChI=1S/C31H34FN7O.C22H24N6O2.C9H10FN.CH4/c1-37-16-18-38(19-17-37)30-31(40)39(26-11-7-23(8-12-26)29-34-14-3-15-35-29)21-25(36-30)4-2-13-33-28-20-27(28)22-5-9-24(32)10-6-22;1-26-11-13-27(14-12-26)21-22(30)28(16-18(25-21)4-2-15-29)19-7-5-17(6-8-19)20-23-9-3-10-24-20;10-7-3-1-6(2-4-7)8-5-9(8)11;/h3,5-12,14-15,21,27-28,33H,2,4,13,16-20H2,1H3;3,5-10,15-16H,2,4,11-14H2,1H3;1-4,8-9H,5,11H2;1H4/t27-,28+;;8-,9+;/m0.0./s1. The predicted molar refractivity (Wildman–Crippen MR) is 318 cm³/mol. The number of anilines is 2. The van der Waals surface area contributed by atoms with Gasteiger partial charge in [-0.05, 0) is 149 Å². The molecule has 0 unspecified atom stereocenters. The number of nitrogens with one attached hydrogen (secondary N) is 1. The number of likely N-dealkylation sites (N-methyl/N-ethyl adjacent to an activating group) is 2. The summed E-state index contributed by atoms with van der Waals surface area (Å²) in [5.74, 6) is 2.82. The Kier molecular flexibility index (Phi) is 19.6. The van der Waals surface area contributed by atoms with Crippen molar-refractivity contribution in [3.05, 3.63) is 201 Å². The summed E-state index contributed by atoms with van der Waals surface area (Å²) in [6.45, 7) is 7.48. The fourth-order valence-corrected chi connectivity index (χ4v) is 10.1. The minimum absolute atomic E-state index is 0. The van der Waals surface area contributed by atoms with Gasteiger partial charge in [-0.3, -0.25) is 18.7 Å². The van der Waals surface area contributed by atoms with Crippen LogP contribution in [0.25, 0.3) is 34.2 Å². The van der Waals surface area contributed by atoms with E-state index in [4.69, 9.17) is 10.7 Å². The number of piperazine rings is 2. The van der Waals surface area contributed by atoms with Crippen LogP contribution in [-0.4, -0.2) is 140 Å². The number of halogens is 2. The first-order valence-electron chi connectivity index (χ1n) is 27.8. The van der Waals surface area contributed by atoms with E-state index in [1.807, 2.05) is 83.9 Å². The third-order valence-corrected chi connectivity index (χ3v) is 15.2. The van der Waals surface area contributed by atoms with Gasteiger partial charge in [-0.15, -0.1) is 0 Å². The summed E-state index contributed by atoms with van der Waals surface area (Å²) < 4.78 is 29.0. The Morgan fingerprint density at radius 1 is 0.573 bits per heavy atom. The molecular formula is C63H72F2N14O3. The van der Waals surface area contributed by atoms with Crippen molar-refractivity contribution < 1.29 is 13.6 Å². The Hall–Kier alpha value is -8.23. The number of benzene rings is 4. The summed E-state index contributed by atoms with van der Waals surface area (Å²) >= 11 is 0. The molecule has 426 valence electrons. The lowest BCUT2D eigenvalue weighted by Gasteiger charge is -2.33. The number of nitrogens with zero attached hydrogens (tertiary/aromatic N) is 12. The maximum Gasteiger partial charge on any atom is 0.298 e. The summed E-state index contributed by atoms with van der Waals surface area (Å²) in [5, 5.41) is 3.63. The lowest BCUT2D eigenvalue weighted by molar-refractivity contribution is -0.107. The van der Waals surface area contributed by atoms with E-state index in [9.17, 15) is 23.2 Å². The zero-order chi connectivity index (χ0) is 56.2. The fraction of sp³-hybridized carbons (Fsp3) is 0.349. The van der Waals surface area contributed by atoms with Crippen LogP contribution in [0.1, 0.15) is 67.5 Å². The number of aromatic nitrogens is 8. The maximum atomic E-state index is 13.7. The highest BCUT2D eigenvalue weighted by molar-refractivity contribution is 5.58. The molecule has 6 heterocycles. The zero-order valence-electron chi connectivity index (χ0n) is 45.8. The molecule has 2 aliphatic carbocycles. The molecule has 4 aromatic heterocycles. The monoisotopic (exact) mass is 1110 g/mol. The lowest BCUT2D eigenvalue weighted by Crippen LogP contribution is -2.47. The first-order chi connectivity index (χ1) is 39.5. The molecule has 4 aromatic carbocycles. The first kappa shape index (κ1) is 58.4. The molecule has 2 saturated heterocycles. The van der Waals surface area contributed by atoms with Crippen LogP contribution >= 0.6 is 0 Å². The van der Waals surface area contributed by atoms with Crippen molar-refractivity contribution in [2.45, 2.75) is 69.9 Å². The first-order valence-corrected chi connectivity index (χ1v) is 27.8. The number of aryl methyl sites for hydroxylation is 2. The average Bonchev–Trinajstić information content (AvgIpc) is 4.59. The summed E-state index contributed by atoms with van der Waals surface area (Å²) in [4.78, 5) is 73.1. The molecule has 0 spiro atoms. The maximum absolute atomic E-state index is 13.7. The Morgan fingerprint density at radius 3 is 1.40 bits per heavy atom. The van der Waals surface area contributed by atoms with Crippen LogP contribution in [0.5, 0.6) is 0 Å². The van der Waals surface area contributed by atoms with Crippen molar-refractivity contribution in [3.63, 3.8) is 0 Å². The zero-order valence-corrected chi connectivity index (χ0v) is 45.8. The molecule has 3 N–H and O–H groups in total. The van der Waals surface area contributed by atoms with Gasteiger partial charge in [0.05, 0.1) is 11.4 Å². The molecule has 4 aliphatic rings. The smallest absolute Gasteiger partial charge is 0.298 e. The number of carbonyl (C=O) groups is 1.